The fraction of sp³-hybridized carbons (Fsp3) is 0.333. The zero-order valence-electron chi connectivity index (χ0n) is 15.2. The summed E-state index contributed by atoms with van der Waals surface area (Å²) in [7, 11) is 1.56. The summed E-state index contributed by atoms with van der Waals surface area (Å²) in [6.45, 7) is 0.746. The average molecular weight is 393 g/mol. The molecule has 0 spiro atoms. The smallest absolute Gasteiger partial charge is 0.422 e. The molecule has 1 N–H and O–H groups in total. The van der Waals surface area contributed by atoms with E-state index in [-0.39, 0.29) is 18.2 Å². The number of pyridine rings is 2. The Morgan fingerprint density at radius 1 is 1.32 bits per heavy atom. The number of nitrogens with zero attached hydrogens (tertiary/aromatic N) is 4. The third-order valence-electron chi connectivity index (χ3n) is 4.08. The molecule has 148 valence electrons. The van der Waals surface area contributed by atoms with Crippen LogP contribution in [-0.4, -0.2) is 45.5 Å². The van der Waals surface area contributed by atoms with Crippen molar-refractivity contribution in [1.29, 1.82) is 0 Å². The molecule has 3 aromatic heterocycles. The predicted molar refractivity (Wildman–Crippen MR) is 94.9 cm³/mol. The van der Waals surface area contributed by atoms with Gasteiger partial charge in [-0.1, -0.05) is 0 Å². The number of carbonyl (C=O) groups excluding carboxylic acids is 1. The van der Waals surface area contributed by atoms with Gasteiger partial charge in [0.2, 0.25) is 11.8 Å². The van der Waals surface area contributed by atoms with Crippen LogP contribution in [0.25, 0.3) is 10.9 Å². The summed E-state index contributed by atoms with van der Waals surface area (Å²) in [5.74, 6) is -0.233. The second-order valence-electron chi connectivity index (χ2n) is 6.22. The third-order valence-corrected chi connectivity index (χ3v) is 4.08. The van der Waals surface area contributed by atoms with Gasteiger partial charge in [0.05, 0.1) is 24.2 Å². The van der Waals surface area contributed by atoms with Crippen LogP contribution in [0, 0.1) is 6.92 Å². The van der Waals surface area contributed by atoms with E-state index in [0.29, 0.717) is 17.8 Å². The van der Waals surface area contributed by atoms with Gasteiger partial charge in [0.15, 0.2) is 6.61 Å². The van der Waals surface area contributed by atoms with E-state index in [2.05, 4.69) is 25.1 Å². The van der Waals surface area contributed by atoms with Crippen molar-refractivity contribution in [2.75, 3.05) is 13.7 Å². The molecule has 0 aromatic carbocycles. The van der Waals surface area contributed by atoms with E-state index in [4.69, 9.17) is 0 Å². The first-order chi connectivity index (χ1) is 13.2. The Kier molecular flexibility index (Phi) is 5.48. The number of aromatic nitrogens is 4. The van der Waals surface area contributed by atoms with E-state index in [1.807, 2.05) is 0 Å². The number of fused-ring (bicyclic) bond motifs is 1. The molecule has 3 rings (SSSR count). The van der Waals surface area contributed by atoms with Gasteiger partial charge in [-0.15, -0.1) is 0 Å². The Labute approximate surface area is 158 Å². The van der Waals surface area contributed by atoms with Crippen molar-refractivity contribution in [2.45, 2.75) is 26.1 Å². The molecule has 0 bridgehead atoms. The number of hydrogen-bond donors (Lipinski definition) is 1. The van der Waals surface area contributed by atoms with Crippen LogP contribution in [0.2, 0.25) is 0 Å². The summed E-state index contributed by atoms with van der Waals surface area (Å²) < 4.78 is 43.1. The molecule has 0 radical (unpaired) electrons. The number of carbonyl (C=O) groups is 1. The molecule has 3 heterocycles. The van der Waals surface area contributed by atoms with Crippen molar-refractivity contribution >= 4 is 16.8 Å². The minimum absolute atomic E-state index is 0.0822. The molecule has 3 aromatic rings. The predicted octanol–water partition coefficient (Wildman–Crippen LogP) is 2.41. The highest BCUT2D eigenvalue weighted by Crippen LogP contribution is 2.21. The van der Waals surface area contributed by atoms with Crippen LogP contribution in [0.3, 0.4) is 0 Å². The Morgan fingerprint density at radius 2 is 2.11 bits per heavy atom. The topological polar surface area (TPSA) is 81.9 Å². The standard InChI is InChI=1S/C18H18F3N5O2/c1-11-5-17(28-10-18(19,20)21)24-7-12(11)8-26-9-13-14(25-26)3-4-23-15(13)6-16(27)22-2/h3-5,7,9H,6,8,10H2,1-2H3,(H,22,27). The Morgan fingerprint density at radius 3 is 2.79 bits per heavy atom. The van der Waals surface area contributed by atoms with E-state index < -0.39 is 12.8 Å². The van der Waals surface area contributed by atoms with Gasteiger partial charge in [0, 0.05) is 37.1 Å². The summed E-state index contributed by atoms with van der Waals surface area (Å²) in [6, 6.07) is 3.21. The number of ether oxygens (including phenoxy) is 1. The molecule has 0 atom stereocenters. The van der Waals surface area contributed by atoms with Crippen molar-refractivity contribution in [3.8, 4) is 5.88 Å². The highest BCUT2D eigenvalue weighted by atomic mass is 19.4. The van der Waals surface area contributed by atoms with Gasteiger partial charge in [-0.25, -0.2) is 4.98 Å². The molecule has 0 aliphatic carbocycles. The molecule has 0 aliphatic heterocycles. The van der Waals surface area contributed by atoms with Gasteiger partial charge in [0.25, 0.3) is 0 Å². The number of likely N-dealkylation sites (N-methyl/N-ethyl adjacent to an activating group) is 1. The average Bonchev–Trinajstić information content (AvgIpc) is 3.05. The minimum Gasteiger partial charge on any atom is -0.468 e. The lowest BCUT2D eigenvalue weighted by atomic mass is 10.1. The highest BCUT2D eigenvalue weighted by Gasteiger charge is 2.28. The Hall–Kier alpha value is -3.17. The lowest BCUT2D eigenvalue weighted by Crippen LogP contribution is -2.20. The van der Waals surface area contributed by atoms with Gasteiger partial charge in [0.1, 0.15) is 0 Å². The summed E-state index contributed by atoms with van der Waals surface area (Å²) in [6.07, 6.45) is 0.581. The molecule has 0 saturated heterocycles. The van der Waals surface area contributed by atoms with Gasteiger partial charge in [-0.2, -0.15) is 18.3 Å². The van der Waals surface area contributed by atoms with Crippen LogP contribution in [0.15, 0.2) is 30.7 Å². The SMILES string of the molecule is CNC(=O)Cc1nccc2nn(Cc3cnc(OCC(F)(F)F)cc3C)cc12. The first-order valence-corrected chi connectivity index (χ1v) is 8.42. The molecular formula is C18H18F3N5O2. The van der Waals surface area contributed by atoms with Crippen molar-refractivity contribution in [3.63, 3.8) is 0 Å². The van der Waals surface area contributed by atoms with Crippen LogP contribution in [-0.2, 0) is 17.8 Å². The van der Waals surface area contributed by atoms with E-state index in [0.717, 1.165) is 16.5 Å². The number of alkyl halides is 3. The molecule has 0 fully saturated rings. The van der Waals surface area contributed by atoms with E-state index >= 15 is 0 Å². The van der Waals surface area contributed by atoms with E-state index in [1.165, 1.54) is 12.3 Å². The number of nitrogens with one attached hydrogen (secondary N) is 1. The summed E-state index contributed by atoms with van der Waals surface area (Å²) in [4.78, 5) is 19.8. The monoisotopic (exact) mass is 393 g/mol. The largest absolute Gasteiger partial charge is 0.468 e. The molecule has 0 saturated carbocycles. The maximum absolute atomic E-state index is 12.2. The number of hydrogen-bond acceptors (Lipinski definition) is 5. The van der Waals surface area contributed by atoms with E-state index in [1.54, 1.807) is 37.1 Å². The summed E-state index contributed by atoms with van der Waals surface area (Å²) >= 11 is 0. The summed E-state index contributed by atoms with van der Waals surface area (Å²) in [5, 5.41) is 7.80. The fourth-order valence-electron chi connectivity index (χ4n) is 2.64. The molecule has 0 unspecified atom stereocenters. The molecule has 10 heteroatoms. The van der Waals surface area contributed by atoms with Gasteiger partial charge in [-0.3, -0.25) is 14.5 Å². The molecule has 7 nitrogen and oxygen atoms in total. The fourth-order valence-corrected chi connectivity index (χ4v) is 2.64. The number of rotatable bonds is 6. The Balaban J connectivity index is 1.79. The normalized spacial score (nSPS) is 11.6. The minimum atomic E-state index is -4.41. The first-order valence-electron chi connectivity index (χ1n) is 8.42. The molecule has 28 heavy (non-hydrogen) atoms. The lowest BCUT2D eigenvalue weighted by molar-refractivity contribution is -0.154. The quantitative estimate of drug-likeness (QED) is 0.696. The maximum atomic E-state index is 12.2. The zero-order chi connectivity index (χ0) is 20.3. The lowest BCUT2D eigenvalue weighted by Gasteiger charge is -2.11. The van der Waals surface area contributed by atoms with Crippen molar-refractivity contribution in [1.82, 2.24) is 25.1 Å². The van der Waals surface area contributed by atoms with Crippen LogP contribution >= 0.6 is 0 Å². The van der Waals surface area contributed by atoms with Gasteiger partial charge >= 0.3 is 6.18 Å². The van der Waals surface area contributed by atoms with E-state index in [9.17, 15) is 18.0 Å². The Bertz CT molecular complexity index is 1000. The molecular weight excluding hydrogens is 375 g/mol. The number of amides is 1. The molecule has 1 amide bonds. The number of halogens is 3. The zero-order valence-corrected chi connectivity index (χ0v) is 15.2. The second kappa shape index (κ2) is 7.83. The third kappa shape index (κ3) is 4.76. The van der Waals surface area contributed by atoms with Gasteiger partial charge < -0.3 is 10.1 Å². The van der Waals surface area contributed by atoms with Crippen molar-refractivity contribution in [3.05, 3.63) is 47.5 Å². The van der Waals surface area contributed by atoms with Crippen LogP contribution in [0.4, 0.5) is 13.2 Å². The van der Waals surface area contributed by atoms with Crippen molar-refractivity contribution < 1.29 is 22.7 Å². The van der Waals surface area contributed by atoms with Gasteiger partial charge in [-0.05, 0) is 24.1 Å². The summed E-state index contributed by atoms with van der Waals surface area (Å²) in [5.41, 5.74) is 2.84. The van der Waals surface area contributed by atoms with Crippen LogP contribution in [0.5, 0.6) is 5.88 Å². The van der Waals surface area contributed by atoms with Crippen LogP contribution in [0.1, 0.15) is 16.8 Å². The van der Waals surface area contributed by atoms with Crippen molar-refractivity contribution in [2.24, 2.45) is 0 Å². The maximum Gasteiger partial charge on any atom is 0.422 e. The number of aryl methyl sites for hydroxylation is 1. The second-order valence-corrected chi connectivity index (χ2v) is 6.22. The first kappa shape index (κ1) is 19.6. The highest BCUT2D eigenvalue weighted by molar-refractivity contribution is 5.86. The van der Waals surface area contributed by atoms with Crippen LogP contribution < -0.4 is 10.1 Å². The molecule has 0 aliphatic rings.